The number of rotatable bonds is 2. The number of hydrogen-bond acceptors (Lipinski definition) is 6. The van der Waals surface area contributed by atoms with E-state index in [-0.39, 0.29) is 24.0 Å². The van der Waals surface area contributed by atoms with Gasteiger partial charge < -0.3 is 25.2 Å². The fourth-order valence-corrected chi connectivity index (χ4v) is 0.823. The standard InChI is InChI=1S/C6H8O6.H2I/c7-1-2(8)5-3(9)4(10)6(11)12-5;/h2,5,7-10H,1H2;1H2/q;+1/t2-,5+;/m0./s1. The first-order valence-electron chi connectivity index (χ1n) is 3.20. The molecule has 0 saturated carbocycles. The zero-order valence-electron chi connectivity index (χ0n) is 6.41. The number of halogens is 1. The van der Waals surface area contributed by atoms with Crippen molar-refractivity contribution in [1.82, 2.24) is 0 Å². The summed E-state index contributed by atoms with van der Waals surface area (Å²) in [5.74, 6) is -2.78. The predicted molar refractivity (Wildman–Crippen MR) is 38.0 cm³/mol. The van der Waals surface area contributed by atoms with Gasteiger partial charge in [0.25, 0.3) is 0 Å². The van der Waals surface area contributed by atoms with Crippen molar-refractivity contribution in [2.75, 3.05) is 6.61 Å². The maximum atomic E-state index is 10.5. The molecule has 6 nitrogen and oxygen atoms in total. The van der Waals surface area contributed by atoms with Crippen LogP contribution in [0.15, 0.2) is 11.5 Å². The average Bonchev–Trinajstić information content (AvgIpc) is 2.32. The summed E-state index contributed by atoms with van der Waals surface area (Å²) >= 11 is 0. The Labute approximate surface area is 90.5 Å². The Kier molecular flexibility index (Phi) is 4.44. The zero-order valence-corrected chi connectivity index (χ0v) is 8.97. The van der Waals surface area contributed by atoms with Crippen LogP contribution in [0.3, 0.4) is 0 Å². The predicted octanol–water partition coefficient (Wildman–Crippen LogP) is -4.94. The summed E-state index contributed by atoms with van der Waals surface area (Å²) in [7, 11) is 0. The molecule has 0 aromatic carbocycles. The molecule has 1 aliphatic rings. The smallest absolute Gasteiger partial charge is 0.377 e. The van der Waals surface area contributed by atoms with E-state index in [2.05, 4.69) is 4.74 Å². The van der Waals surface area contributed by atoms with Crippen molar-refractivity contribution in [1.29, 1.82) is 0 Å². The highest BCUT2D eigenvalue weighted by atomic mass is 127. The van der Waals surface area contributed by atoms with Crippen molar-refractivity contribution >= 4 is 5.97 Å². The van der Waals surface area contributed by atoms with Gasteiger partial charge in [-0.3, -0.25) is 0 Å². The van der Waals surface area contributed by atoms with E-state index in [4.69, 9.17) is 20.4 Å². The number of esters is 1. The van der Waals surface area contributed by atoms with Crippen molar-refractivity contribution in [2.45, 2.75) is 12.2 Å². The summed E-state index contributed by atoms with van der Waals surface area (Å²) in [6.45, 7) is -0.671. The van der Waals surface area contributed by atoms with E-state index < -0.39 is 36.3 Å². The number of aliphatic hydroxyl groups is 4. The Morgan fingerprint density at radius 1 is 1.46 bits per heavy atom. The van der Waals surface area contributed by atoms with Gasteiger partial charge in [-0.1, -0.05) is 0 Å². The topological polar surface area (TPSA) is 107 Å². The third kappa shape index (κ3) is 2.23. The monoisotopic (exact) mass is 305 g/mol. The molecule has 0 aromatic heterocycles. The fourth-order valence-electron chi connectivity index (χ4n) is 0.823. The second-order valence-electron chi connectivity index (χ2n) is 2.31. The third-order valence-corrected chi connectivity index (χ3v) is 1.48. The van der Waals surface area contributed by atoms with Crippen LogP contribution >= 0.6 is 0 Å². The average molecular weight is 305 g/mol. The van der Waals surface area contributed by atoms with Gasteiger partial charge in [0.2, 0.25) is 29.7 Å². The first-order valence-corrected chi connectivity index (χ1v) is 3.20. The number of carbonyl (C=O) groups excluding carboxylic acids is 1. The molecule has 0 fully saturated rings. The van der Waals surface area contributed by atoms with Gasteiger partial charge in [-0.05, 0) is 0 Å². The highest BCUT2D eigenvalue weighted by Crippen LogP contribution is 2.20. The highest BCUT2D eigenvalue weighted by molar-refractivity contribution is 5.89. The molecule has 0 amide bonds. The van der Waals surface area contributed by atoms with Gasteiger partial charge in [-0.2, -0.15) is 0 Å². The normalized spacial score (nSPS) is 23.8. The van der Waals surface area contributed by atoms with Crippen molar-refractivity contribution in [2.24, 2.45) is 0 Å². The number of hydrogen-bond donors (Lipinski definition) is 4. The molecular weight excluding hydrogens is 295 g/mol. The second-order valence-corrected chi connectivity index (χ2v) is 2.31. The van der Waals surface area contributed by atoms with Crippen molar-refractivity contribution in [3.63, 3.8) is 0 Å². The lowest BCUT2D eigenvalue weighted by atomic mass is 10.2. The molecule has 76 valence electrons. The van der Waals surface area contributed by atoms with Crippen LogP contribution < -0.4 is 24.0 Å². The molecule has 1 heterocycles. The maximum absolute atomic E-state index is 10.5. The largest absolute Gasteiger partial charge is 0.505 e. The molecule has 1 aliphatic heterocycles. The van der Waals surface area contributed by atoms with E-state index >= 15 is 0 Å². The van der Waals surface area contributed by atoms with Crippen LogP contribution in [0, 0.1) is 0 Å². The lowest BCUT2D eigenvalue weighted by molar-refractivity contribution is -0.147. The summed E-state index contributed by atoms with van der Waals surface area (Å²) in [6, 6.07) is 0. The molecular formula is C6H10IO6+. The van der Waals surface area contributed by atoms with Gasteiger partial charge in [0.05, 0.1) is 6.61 Å². The summed E-state index contributed by atoms with van der Waals surface area (Å²) in [5.41, 5.74) is 0. The quantitative estimate of drug-likeness (QED) is 0.301. The van der Waals surface area contributed by atoms with E-state index in [0.717, 1.165) is 0 Å². The van der Waals surface area contributed by atoms with Gasteiger partial charge in [-0.15, -0.1) is 0 Å². The van der Waals surface area contributed by atoms with Crippen LogP contribution in [-0.2, 0) is 9.53 Å². The molecule has 0 aromatic rings. The molecule has 13 heavy (non-hydrogen) atoms. The second kappa shape index (κ2) is 4.63. The van der Waals surface area contributed by atoms with Crippen LogP contribution in [0.25, 0.3) is 0 Å². The van der Waals surface area contributed by atoms with Crippen LogP contribution in [0.4, 0.5) is 0 Å². The minimum absolute atomic E-state index is 0. The van der Waals surface area contributed by atoms with Gasteiger partial charge in [0, 0.05) is 0 Å². The Morgan fingerprint density at radius 2 is 2.00 bits per heavy atom. The third-order valence-electron chi connectivity index (χ3n) is 1.48. The molecule has 0 saturated heterocycles. The summed E-state index contributed by atoms with van der Waals surface area (Å²) in [5, 5.41) is 35.0. The Balaban J connectivity index is 0.00000144. The summed E-state index contributed by atoms with van der Waals surface area (Å²) in [6.07, 6.45) is -2.78. The van der Waals surface area contributed by atoms with E-state index in [9.17, 15) is 4.79 Å². The lowest BCUT2D eigenvalue weighted by Crippen LogP contribution is -3.00. The van der Waals surface area contributed by atoms with E-state index in [1.807, 2.05) is 0 Å². The first-order chi connectivity index (χ1) is 5.57. The summed E-state index contributed by atoms with van der Waals surface area (Å²) in [4.78, 5) is 10.5. The van der Waals surface area contributed by atoms with Crippen molar-refractivity contribution < 1.29 is 53.9 Å². The first kappa shape index (κ1) is 12.5. The Hall–Kier alpha value is -0.540. The molecule has 2 atom stereocenters. The van der Waals surface area contributed by atoms with E-state index in [0.29, 0.717) is 0 Å². The molecule has 0 aliphatic carbocycles. The molecule has 0 unspecified atom stereocenters. The molecule has 0 radical (unpaired) electrons. The molecule has 0 spiro atoms. The molecule has 0 bridgehead atoms. The van der Waals surface area contributed by atoms with Gasteiger partial charge in [-0.25, -0.2) is 4.79 Å². The van der Waals surface area contributed by atoms with Crippen LogP contribution in [0.2, 0.25) is 0 Å². The van der Waals surface area contributed by atoms with Crippen LogP contribution in [0.1, 0.15) is 0 Å². The number of aliphatic hydroxyl groups excluding tert-OH is 4. The number of carbonyl (C=O) groups is 1. The van der Waals surface area contributed by atoms with Crippen molar-refractivity contribution in [3.05, 3.63) is 11.5 Å². The van der Waals surface area contributed by atoms with Crippen LogP contribution in [0.5, 0.6) is 0 Å². The van der Waals surface area contributed by atoms with Crippen LogP contribution in [-0.4, -0.2) is 45.2 Å². The lowest BCUT2D eigenvalue weighted by Gasteiger charge is -2.13. The summed E-state index contributed by atoms with van der Waals surface area (Å²) < 4.78 is 4.32. The number of ether oxygens (including phenoxy) is 1. The fraction of sp³-hybridized carbons (Fsp3) is 0.500. The Morgan fingerprint density at radius 3 is 2.31 bits per heavy atom. The van der Waals surface area contributed by atoms with Gasteiger partial charge >= 0.3 is 5.97 Å². The zero-order chi connectivity index (χ0) is 9.30. The minimum Gasteiger partial charge on any atom is -0.505 e. The highest BCUT2D eigenvalue weighted by Gasteiger charge is 2.38. The van der Waals surface area contributed by atoms with Crippen molar-refractivity contribution in [3.8, 4) is 0 Å². The van der Waals surface area contributed by atoms with E-state index in [1.54, 1.807) is 0 Å². The maximum Gasteiger partial charge on any atom is 0.377 e. The molecule has 1 rings (SSSR count). The minimum atomic E-state index is -1.42. The van der Waals surface area contributed by atoms with E-state index in [1.165, 1.54) is 0 Å². The van der Waals surface area contributed by atoms with Gasteiger partial charge in [0.15, 0.2) is 11.9 Å². The Bertz CT molecular complexity index is 237. The van der Waals surface area contributed by atoms with Gasteiger partial charge in [0.1, 0.15) is 6.10 Å². The molecule has 7 heteroatoms. The number of cyclic esters (lactones) is 1. The SMILES string of the molecule is O=C1O[C@H]([C@@H](O)CO)C(O)=C1O.[IH2+]. The molecule has 4 N–H and O–H groups in total.